The molecule has 2 aromatic rings. The van der Waals surface area contributed by atoms with E-state index < -0.39 is 10.8 Å². The van der Waals surface area contributed by atoms with Crippen molar-refractivity contribution in [1.82, 2.24) is 20.4 Å². The molecule has 1 aliphatic rings. The summed E-state index contributed by atoms with van der Waals surface area (Å²) in [7, 11) is 0. The molecule has 7 heteroatoms. The van der Waals surface area contributed by atoms with Crippen molar-refractivity contribution in [3.05, 3.63) is 30.0 Å². The molecular formula is C17H22N4O2S. The molecule has 2 heterocycles. The number of aryl methyl sites for hydroxylation is 1. The topological polar surface area (TPSA) is 76.0 Å². The predicted octanol–water partition coefficient (Wildman–Crippen LogP) is 1.68. The zero-order valence-corrected chi connectivity index (χ0v) is 14.9. The molecule has 2 N–H and O–H groups in total. The molecule has 0 aliphatic carbocycles. The molecule has 0 spiro atoms. The average molecular weight is 346 g/mol. The molecule has 1 aromatic heterocycles. The highest BCUT2D eigenvalue weighted by atomic mass is 32.2. The molecule has 1 atom stereocenters. The summed E-state index contributed by atoms with van der Waals surface area (Å²) in [6, 6.07) is 7.49. The fourth-order valence-corrected chi connectivity index (χ4v) is 3.74. The fraction of sp³-hybridized carbons (Fsp3) is 0.471. The zero-order valence-electron chi connectivity index (χ0n) is 14.1. The first-order valence-electron chi connectivity index (χ1n) is 8.09. The Balaban J connectivity index is 1.68. The van der Waals surface area contributed by atoms with Crippen LogP contribution >= 0.6 is 11.8 Å². The summed E-state index contributed by atoms with van der Waals surface area (Å²) < 4.78 is 1.45. The summed E-state index contributed by atoms with van der Waals surface area (Å²) in [6.45, 7) is 6.90. The van der Waals surface area contributed by atoms with E-state index in [0.717, 1.165) is 23.1 Å². The lowest BCUT2D eigenvalue weighted by Crippen LogP contribution is -2.57. The van der Waals surface area contributed by atoms with Crippen molar-refractivity contribution < 1.29 is 9.59 Å². The third kappa shape index (κ3) is 3.13. The minimum Gasteiger partial charge on any atom is -0.349 e. The van der Waals surface area contributed by atoms with E-state index in [1.807, 2.05) is 49.7 Å². The summed E-state index contributed by atoms with van der Waals surface area (Å²) in [4.78, 5) is 24.4. The largest absolute Gasteiger partial charge is 0.349 e. The normalized spacial score (nSPS) is 20.0. The van der Waals surface area contributed by atoms with Crippen molar-refractivity contribution in [1.29, 1.82) is 0 Å². The molecule has 128 valence electrons. The predicted molar refractivity (Wildman–Crippen MR) is 95.7 cm³/mol. The molecule has 0 saturated carbocycles. The van der Waals surface area contributed by atoms with Crippen LogP contribution in [-0.2, 0) is 22.7 Å². The van der Waals surface area contributed by atoms with E-state index >= 15 is 0 Å². The summed E-state index contributed by atoms with van der Waals surface area (Å²) in [5, 5.41) is 11.3. The number of amides is 2. The number of nitrogens with one attached hydrogen (secondary N) is 2. The number of benzene rings is 1. The van der Waals surface area contributed by atoms with Gasteiger partial charge in [-0.05, 0) is 26.8 Å². The number of rotatable bonds is 4. The molecule has 0 radical (unpaired) electrons. The Labute approximate surface area is 145 Å². The Bertz CT molecular complexity index is 784. The minimum absolute atomic E-state index is 0.0976. The van der Waals surface area contributed by atoms with Gasteiger partial charge in [0.05, 0.1) is 22.5 Å². The number of para-hydroxylation sites is 1. The van der Waals surface area contributed by atoms with Gasteiger partial charge in [-0.25, -0.2) is 0 Å². The lowest BCUT2D eigenvalue weighted by molar-refractivity contribution is -0.129. The van der Waals surface area contributed by atoms with Crippen molar-refractivity contribution >= 4 is 34.5 Å². The summed E-state index contributed by atoms with van der Waals surface area (Å²) in [5.74, 6) is 0.315. The van der Waals surface area contributed by atoms with Crippen LogP contribution in [0.1, 0.15) is 26.5 Å². The number of aromatic nitrogens is 2. The maximum Gasteiger partial charge on any atom is 0.243 e. The van der Waals surface area contributed by atoms with Crippen LogP contribution in [0.2, 0.25) is 0 Å². The molecule has 1 aliphatic heterocycles. The molecule has 3 rings (SSSR count). The van der Waals surface area contributed by atoms with Crippen LogP contribution in [0, 0.1) is 0 Å². The number of carbonyl (C=O) groups excluding carboxylic acids is 2. The van der Waals surface area contributed by atoms with E-state index in [-0.39, 0.29) is 11.8 Å². The van der Waals surface area contributed by atoms with Gasteiger partial charge >= 0.3 is 0 Å². The van der Waals surface area contributed by atoms with Crippen LogP contribution in [-0.4, -0.2) is 38.1 Å². The first-order chi connectivity index (χ1) is 11.4. The molecule has 0 bridgehead atoms. The fourth-order valence-electron chi connectivity index (χ4n) is 2.73. The number of fused-ring (bicyclic) bond motifs is 1. The number of carbonyl (C=O) groups is 2. The standard InChI is InChI=1S/C17H22N4O2S/c1-4-21-14-8-6-5-7-11(14)12(20-21)9-18-15(22)13-10-24-17(2,3)16(23)19-13/h5-8,13H,4,9-10H2,1-3H3,(H,18,22)(H,19,23)/t13-/m0/s1. The monoisotopic (exact) mass is 346 g/mol. The van der Waals surface area contributed by atoms with Crippen LogP contribution in [0.5, 0.6) is 0 Å². The van der Waals surface area contributed by atoms with Crippen LogP contribution < -0.4 is 10.6 Å². The Morgan fingerprint density at radius 1 is 1.46 bits per heavy atom. The SMILES string of the molecule is CCn1nc(CNC(=O)[C@@H]2CSC(C)(C)C(=O)N2)c2ccccc21. The van der Waals surface area contributed by atoms with Crippen LogP contribution in [0.4, 0.5) is 0 Å². The van der Waals surface area contributed by atoms with Gasteiger partial charge in [0, 0.05) is 17.7 Å². The van der Waals surface area contributed by atoms with Gasteiger partial charge in [-0.3, -0.25) is 14.3 Å². The van der Waals surface area contributed by atoms with E-state index in [1.54, 1.807) is 0 Å². The highest BCUT2D eigenvalue weighted by Gasteiger charge is 2.37. The number of hydrogen-bond acceptors (Lipinski definition) is 4. The first-order valence-corrected chi connectivity index (χ1v) is 9.08. The van der Waals surface area contributed by atoms with Gasteiger partial charge in [0.2, 0.25) is 11.8 Å². The lowest BCUT2D eigenvalue weighted by atomic mass is 10.1. The molecule has 0 unspecified atom stereocenters. The number of thioether (sulfide) groups is 1. The average Bonchev–Trinajstić information content (AvgIpc) is 2.93. The maximum absolute atomic E-state index is 12.4. The van der Waals surface area contributed by atoms with Gasteiger partial charge in [0.15, 0.2) is 0 Å². The van der Waals surface area contributed by atoms with E-state index in [0.29, 0.717) is 12.3 Å². The smallest absolute Gasteiger partial charge is 0.243 e. The van der Waals surface area contributed by atoms with E-state index in [2.05, 4.69) is 15.7 Å². The first kappa shape index (κ1) is 16.8. The molecule has 1 aromatic carbocycles. The van der Waals surface area contributed by atoms with Crippen LogP contribution in [0.3, 0.4) is 0 Å². The van der Waals surface area contributed by atoms with Crippen LogP contribution in [0.15, 0.2) is 24.3 Å². The highest BCUT2D eigenvalue weighted by molar-refractivity contribution is 8.01. The molecule has 6 nitrogen and oxygen atoms in total. The molecule has 24 heavy (non-hydrogen) atoms. The van der Waals surface area contributed by atoms with Gasteiger partial charge in [-0.2, -0.15) is 5.10 Å². The second kappa shape index (κ2) is 6.47. The summed E-state index contributed by atoms with van der Waals surface area (Å²) >= 11 is 1.50. The number of hydrogen-bond donors (Lipinski definition) is 2. The van der Waals surface area contributed by atoms with Crippen molar-refractivity contribution in [2.45, 2.75) is 44.6 Å². The summed E-state index contributed by atoms with van der Waals surface area (Å²) in [5.41, 5.74) is 1.91. The quantitative estimate of drug-likeness (QED) is 0.883. The third-order valence-corrected chi connectivity index (χ3v) is 5.65. The molecule has 2 amide bonds. The maximum atomic E-state index is 12.4. The van der Waals surface area contributed by atoms with Gasteiger partial charge in [-0.1, -0.05) is 18.2 Å². The van der Waals surface area contributed by atoms with Crippen molar-refractivity contribution in [2.24, 2.45) is 0 Å². The molecular weight excluding hydrogens is 324 g/mol. The number of nitrogens with zero attached hydrogens (tertiary/aromatic N) is 2. The van der Waals surface area contributed by atoms with Gasteiger partial charge < -0.3 is 10.6 Å². The Morgan fingerprint density at radius 3 is 2.92 bits per heavy atom. The molecule has 1 saturated heterocycles. The third-order valence-electron chi connectivity index (χ3n) is 4.24. The molecule has 1 fully saturated rings. The minimum atomic E-state index is -0.491. The second-order valence-corrected chi connectivity index (χ2v) is 7.99. The van der Waals surface area contributed by atoms with Crippen molar-refractivity contribution in [2.75, 3.05) is 5.75 Å². The van der Waals surface area contributed by atoms with E-state index in [4.69, 9.17) is 0 Å². The Hall–Kier alpha value is -2.02. The zero-order chi connectivity index (χ0) is 17.3. The lowest BCUT2D eigenvalue weighted by Gasteiger charge is -2.32. The second-order valence-electron chi connectivity index (χ2n) is 6.34. The Morgan fingerprint density at radius 2 is 2.21 bits per heavy atom. The van der Waals surface area contributed by atoms with Gasteiger partial charge in [-0.15, -0.1) is 11.8 Å². The van der Waals surface area contributed by atoms with Crippen molar-refractivity contribution in [3.8, 4) is 0 Å². The van der Waals surface area contributed by atoms with E-state index in [1.165, 1.54) is 11.8 Å². The summed E-state index contributed by atoms with van der Waals surface area (Å²) in [6.07, 6.45) is 0. The Kier molecular flexibility index (Phi) is 4.54. The van der Waals surface area contributed by atoms with Gasteiger partial charge in [0.25, 0.3) is 0 Å². The van der Waals surface area contributed by atoms with Gasteiger partial charge in [0.1, 0.15) is 6.04 Å². The van der Waals surface area contributed by atoms with E-state index in [9.17, 15) is 9.59 Å². The van der Waals surface area contributed by atoms with Crippen LogP contribution in [0.25, 0.3) is 10.9 Å². The highest BCUT2D eigenvalue weighted by Crippen LogP contribution is 2.29. The van der Waals surface area contributed by atoms with Crippen molar-refractivity contribution in [3.63, 3.8) is 0 Å².